The van der Waals surface area contributed by atoms with Gasteiger partial charge in [0.1, 0.15) is 6.61 Å². The van der Waals surface area contributed by atoms with Crippen molar-refractivity contribution in [3.63, 3.8) is 0 Å². The molecule has 0 unspecified atom stereocenters. The summed E-state index contributed by atoms with van der Waals surface area (Å²) in [6, 6.07) is 0. The third-order valence-electron chi connectivity index (χ3n) is 1.39. The standard InChI is InChI=1S/C10H14O4/c1-3-5-8(7-9(11)12)10(13)14-6-4-2/h4-5H,2-3,6-7H2,1H3,(H,11,12). The normalized spacial score (nSPS) is 10.8. The molecular formula is C10H14O4. The monoisotopic (exact) mass is 198 g/mol. The van der Waals surface area contributed by atoms with Crippen LogP contribution in [0.4, 0.5) is 0 Å². The molecule has 0 rings (SSSR count). The van der Waals surface area contributed by atoms with E-state index in [0.717, 1.165) is 0 Å². The molecule has 0 aliphatic heterocycles. The van der Waals surface area contributed by atoms with Crippen LogP contribution in [0.5, 0.6) is 0 Å². The van der Waals surface area contributed by atoms with Crippen LogP contribution in [-0.2, 0) is 14.3 Å². The summed E-state index contributed by atoms with van der Waals surface area (Å²) in [5.41, 5.74) is 0.182. The second kappa shape index (κ2) is 6.88. The molecule has 0 spiro atoms. The second-order valence-electron chi connectivity index (χ2n) is 2.60. The molecule has 0 saturated heterocycles. The number of carboxylic acid groups (broad SMARTS) is 1. The van der Waals surface area contributed by atoms with E-state index in [1.807, 2.05) is 6.92 Å². The maximum atomic E-state index is 11.2. The highest BCUT2D eigenvalue weighted by Crippen LogP contribution is 2.05. The Morgan fingerprint density at radius 1 is 1.50 bits per heavy atom. The van der Waals surface area contributed by atoms with E-state index in [1.54, 1.807) is 6.08 Å². The van der Waals surface area contributed by atoms with Crippen LogP contribution in [0.1, 0.15) is 19.8 Å². The number of aliphatic carboxylic acids is 1. The van der Waals surface area contributed by atoms with Crippen molar-refractivity contribution >= 4 is 11.9 Å². The summed E-state index contributed by atoms with van der Waals surface area (Å²) in [4.78, 5) is 21.6. The van der Waals surface area contributed by atoms with Crippen molar-refractivity contribution in [2.45, 2.75) is 19.8 Å². The number of rotatable bonds is 6. The van der Waals surface area contributed by atoms with Crippen LogP contribution in [-0.4, -0.2) is 23.7 Å². The summed E-state index contributed by atoms with van der Waals surface area (Å²) in [6.45, 7) is 5.30. The minimum atomic E-state index is -1.04. The zero-order chi connectivity index (χ0) is 11.0. The van der Waals surface area contributed by atoms with Crippen molar-refractivity contribution in [2.75, 3.05) is 6.61 Å². The first-order chi connectivity index (χ1) is 6.61. The maximum absolute atomic E-state index is 11.2. The van der Waals surface area contributed by atoms with E-state index in [9.17, 15) is 9.59 Å². The summed E-state index contributed by atoms with van der Waals surface area (Å²) in [5, 5.41) is 8.52. The lowest BCUT2D eigenvalue weighted by molar-refractivity contribution is -0.142. The van der Waals surface area contributed by atoms with Crippen molar-refractivity contribution in [3.05, 3.63) is 24.3 Å². The molecule has 0 atom stereocenters. The van der Waals surface area contributed by atoms with Crippen LogP contribution in [0.2, 0.25) is 0 Å². The highest BCUT2D eigenvalue weighted by Gasteiger charge is 2.13. The van der Waals surface area contributed by atoms with Crippen molar-refractivity contribution in [3.8, 4) is 0 Å². The number of hydrogen-bond acceptors (Lipinski definition) is 3. The van der Waals surface area contributed by atoms with Gasteiger partial charge in [0, 0.05) is 5.57 Å². The molecule has 4 nitrogen and oxygen atoms in total. The smallest absolute Gasteiger partial charge is 0.334 e. The Morgan fingerprint density at radius 3 is 2.57 bits per heavy atom. The van der Waals surface area contributed by atoms with Crippen LogP contribution in [0, 0.1) is 0 Å². The fourth-order valence-electron chi connectivity index (χ4n) is 0.864. The summed E-state index contributed by atoms with van der Waals surface area (Å²) in [5.74, 6) is -1.63. The highest BCUT2D eigenvalue weighted by atomic mass is 16.5. The minimum Gasteiger partial charge on any atom is -0.481 e. The molecule has 0 aliphatic carbocycles. The molecule has 78 valence electrons. The average molecular weight is 198 g/mol. The molecular weight excluding hydrogens is 184 g/mol. The molecule has 14 heavy (non-hydrogen) atoms. The van der Waals surface area contributed by atoms with Gasteiger partial charge in [-0.25, -0.2) is 4.79 Å². The largest absolute Gasteiger partial charge is 0.481 e. The Balaban J connectivity index is 4.33. The minimum absolute atomic E-state index is 0.0967. The second-order valence-corrected chi connectivity index (χ2v) is 2.60. The SMILES string of the molecule is C=CCOC(=O)C(=CCC)CC(=O)O. The average Bonchev–Trinajstić information content (AvgIpc) is 2.13. The van der Waals surface area contributed by atoms with Gasteiger partial charge in [0.2, 0.25) is 0 Å². The van der Waals surface area contributed by atoms with Crippen LogP contribution in [0.25, 0.3) is 0 Å². The third kappa shape index (κ3) is 5.13. The summed E-state index contributed by atoms with van der Waals surface area (Å²) in [7, 11) is 0. The lowest BCUT2D eigenvalue weighted by atomic mass is 10.1. The first-order valence-electron chi connectivity index (χ1n) is 4.30. The molecule has 1 N–H and O–H groups in total. The van der Waals surface area contributed by atoms with Crippen molar-refractivity contribution < 1.29 is 19.4 Å². The van der Waals surface area contributed by atoms with Gasteiger partial charge in [0.05, 0.1) is 6.42 Å². The predicted molar refractivity (Wildman–Crippen MR) is 51.8 cm³/mol. The molecule has 4 heteroatoms. The van der Waals surface area contributed by atoms with Gasteiger partial charge >= 0.3 is 11.9 Å². The van der Waals surface area contributed by atoms with Crippen molar-refractivity contribution in [1.82, 2.24) is 0 Å². The number of allylic oxidation sites excluding steroid dienone is 1. The first-order valence-corrected chi connectivity index (χ1v) is 4.30. The number of esters is 1. The van der Waals surface area contributed by atoms with Crippen LogP contribution < -0.4 is 0 Å². The number of carboxylic acids is 1. The Hall–Kier alpha value is -1.58. The molecule has 0 aromatic rings. The number of carbonyl (C=O) groups excluding carboxylic acids is 1. The fourth-order valence-corrected chi connectivity index (χ4v) is 0.864. The molecule has 0 bridgehead atoms. The number of hydrogen-bond donors (Lipinski definition) is 1. The molecule has 0 fully saturated rings. The van der Waals surface area contributed by atoms with E-state index in [1.165, 1.54) is 6.08 Å². The van der Waals surface area contributed by atoms with Gasteiger partial charge in [-0.05, 0) is 6.42 Å². The zero-order valence-corrected chi connectivity index (χ0v) is 8.16. The van der Waals surface area contributed by atoms with Gasteiger partial charge < -0.3 is 9.84 Å². The van der Waals surface area contributed by atoms with Gasteiger partial charge in [-0.3, -0.25) is 4.79 Å². The molecule has 0 aromatic heterocycles. The van der Waals surface area contributed by atoms with Crippen LogP contribution in [0.3, 0.4) is 0 Å². The molecule has 0 saturated carbocycles. The Bertz CT molecular complexity index is 253. The molecule has 0 radical (unpaired) electrons. The maximum Gasteiger partial charge on any atom is 0.334 e. The molecule has 0 aromatic carbocycles. The van der Waals surface area contributed by atoms with Crippen LogP contribution >= 0.6 is 0 Å². The molecule has 0 aliphatic rings. The van der Waals surface area contributed by atoms with E-state index >= 15 is 0 Å². The quantitative estimate of drug-likeness (QED) is 0.399. The Labute approximate surface area is 82.9 Å². The van der Waals surface area contributed by atoms with Crippen molar-refractivity contribution in [1.29, 1.82) is 0 Å². The van der Waals surface area contributed by atoms with Crippen molar-refractivity contribution in [2.24, 2.45) is 0 Å². The van der Waals surface area contributed by atoms with E-state index in [-0.39, 0.29) is 18.6 Å². The van der Waals surface area contributed by atoms with Gasteiger partial charge in [0.15, 0.2) is 0 Å². The lowest BCUT2D eigenvalue weighted by Crippen LogP contribution is -2.11. The number of ether oxygens (including phenoxy) is 1. The van der Waals surface area contributed by atoms with Gasteiger partial charge in [0.25, 0.3) is 0 Å². The lowest BCUT2D eigenvalue weighted by Gasteiger charge is -2.03. The predicted octanol–water partition coefficient (Wildman–Crippen LogP) is 1.53. The van der Waals surface area contributed by atoms with Gasteiger partial charge in [-0.15, -0.1) is 0 Å². The van der Waals surface area contributed by atoms with E-state index in [2.05, 4.69) is 6.58 Å². The third-order valence-corrected chi connectivity index (χ3v) is 1.39. The van der Waals surface area contributed by atoms with Gasteiger partial charge in [-0.1, -0.05) is 25.7 Å². The Morgan fingerprint density at radius 2 is 2.14 bits per heavy atom. The summed E-state index contributed by atoms with van der Waals surface area (Å²) in [6.07, 6.45) is 3.29. The van der Waals surface area contributed by atoms with E-state index < -0.39 is 11.9 Å². The number of carbonyl (C=O) groups is 2. The Kier molecular flexibility index (Phi) is 6.11. The summed E-state index contributed by atoms with van der Waals surface area (Å²) >= 11 is 0. The van der Waals surface area contributed by atoms with Gasteiger partial charge in [-0.2, -0.15) is 0 Å². The topological polar surface area (TPSA) is 63.6 Å². The first kappa shape index (κ1) is 12.4. The highest BCUT2D eigenvalue weighted by molar-refractivity contribution is 5.93. The zero-order valence-electron chi connectivity index (χ0n) is 8.16. The summed E-state index contributed by atoms with van der Waals surface area (Å²) < 4.78 is 4.72. The van der Waals surface area contributed by atoms with E-state index in [0.29, 0.717) is 6.42 Å². The molecule has 0 amide bonds. The van der Waals surface area contributed by atoms with E-state index in [4.69, 9.17) is 9.84 Å². The fraction of sp³-hybridized carbons (Fsp3) is 0.400. The molecule has 0 heterocycles. The van der Waals surface area contributed by atoms with Crippen LogP contribution in [0.15, 0.2) is 24.3 Å².